The molecule has 3 aromatic rings. The molecule has 0 radical (unpaired) electrons. The van der Waals surface area contributed by atoms with Gasteiger partial charge in [-0.25, -0.2) is 8.42 Å². The van der Waals surface area contributed by atoms with Gasteiger partial charge in [0.25, 0.3) is 10.0 Å². The highest BCUT2D eigenvalue weighted by atomic mass is 32.2. The van der Waals surface area contributed by atoms with Gasteiger partial charge < -0.3 is 5.32 Å². The number of hydrogen-bond acceptors (Lipinski definition) is 5. The average Bonchev–Trinajstić information content (AvgIpc) is 3.29. The molecule has 1 aliphatic heterocycles. The maximum atomic E-state index is 13.2. The number of thiophene rings is 1. The van der Waals surface area contributed by atoms with E-state index in [9.17, 15) is 13.2 Å². The van der Waals surface area contributed by atoms with Gasteiger partial charge in [-0.3, -0.25) is 4.79 Å². The summed E-state index contributed by atoms with van der Waals surface area (Å²) >= 11 is 1.13. The molecule has 29 heavy (non-hydrogen) atoms. The number of rotatable bonds is 4. The van der Waals surface area contributed by atoms with Gasteiger partial charge in [0.15, 0.2) is 0 Å². The van der Waals surface area contributed by atoms with Crippen molar-refractivity contribution in [2.75, 3.05) is 5.32 Å². The first-order valence-corrected chi connectivity index (χ1v) is 11.2. The Kier molecular flexibility index (Phi) is 5.20. The van der Waals surface area contributed by atoms with Crippen molar-refractivity contribution in [3.05, 3.63) is 82.7 Å². The molecule has 8 heteroatoms. The zero-order valence-electron chi connectivity index (χ0n) is 15.3. The molecule has 2 aromatic carbocycles. The molecular weight excluding hydrogens is 406 g/mol. The van der Waals surface area contributed by atoms with Crippen molar-refractivity contribution in [3.8, 4) is 6.07 Å². The predicted molar refractivity (Wildman–Crippen MR) is 111 cm³/mol. The Balaban J connectivity index is 1.70. The number of nitrogens with zero attached hydrogens (tertiary/aromatic N) is 2. The van der Waals surface area contributed by atoms with Gasteiger partial charge in [0.1, 0.15) is 10.3 Å². The highest BCUT2D eigenvalue weighted by Crippen LogP contribution is 2.31. The third-order valence-electron chi connectivity index (χ3n) is 4.83. The van der Waals surface area contributed by atoms with Crippen LogP contribution in [0.3, 0.4) is 0 Å². The van der Waals surface area contributed by atoms with Crippen LogP contribution >= 0.6 is 11.3 Å². The summed E-state index contributed by atoms with van der Waals surface area (Å²) in [5, 5.41) is 13.5. The summed E-state index contributed by atoms with van der Waals surface area (Å²) in [4.78, 5) is 13.1. The van der Waals surface area contributed by atoms with Gasteiger partial charge in [0.05, 0.1) is 11.6 Å². The molecule has 0 bridgehead atoms. The van der Waals surface area contributed by atoms with Gasteiger partial charge >= 0.3 is 0 Å². The topological polar surface area (TPSA) is 90.3 Å². The Morgan fingerprint density at radius 3 is 2.62 bits per heavy atom. The molecule has 1 atom stereocenters. The molecule has 0 aliphatic carbocycles. The first kappa shape index (κ1) is 19.3. The number of anilines is 1. The Labute approximate surface area is 173 Å². The van der Waals surface area contributed by atoms with Crippen molar-refractivity contribution in [1.82, 2.24) is 4.31 Å². The molecule has 1 amide bonds. The van der Waals surface area contributed by atoms with E-state index >= 15 is 0 Å². The van der Waals surface area contributed by atoms with Gasteiger partial charge in [-0.05, 0) is 47.2 Å². The van der Waals surface area contributed by atoms with Crippen molar-refractivity contribution < 1.29 is 13.2 Å². The molecule has 0 spiro atoms. The molecule has 0 saturated carbocycles. The minimum absolute atomic E-state index is 0.132. The SMILES string of the molecule is N#Cc1cccc(NC(=O)C2Cc3ccccc3CN2S(=O)(=O)c2cccs2)c1. The van der Waals surface area contributed by atoms with E-state index in [4.69, 9.17) is 5.26 Å². The molecule has 1 aromatic heterocycles. The van der Waals surface area contributed by atoms with Crippen LogP contribution in [0.15, 0.2) is 70.3 Å². The van der Waals surface area contributed by atoms with Gasteiger partial charge in [-0.1, -0.05) is 36.4 Å². The van der Waals surface area contributed by atoms with E-state index < -0.39 is 22.0 Å². The lowest BCUT2D eigenvalue weighted by Gasteiger charge is -2.34. The number of carbonyl (C=O) groups is 1. The lowest BCUT2D eigenvalue weighted by atomic mass is 9.95. The molecule has 1 unspecified atom stereocenters. The second-order valence-corrected chi connectivity index (χ2v) is 9.72. The van der Waals surface area contributed by atoms with Crippen LogP contribution in [0, 0.1) is 11.3 Å². The zero-order valence-corrected chi connectivity index (χ0v) is 16.9. The predicted octanol–water partition coefficient (Wildman–Crippen LogP) is 3.37. The van der Waals surface area contributed by atoms with E-state index in [0.717, 1.165) is 22.5 Å². The van der Waals surface area contributed by atoms with Crippen molar-refractivity contribution >= 4 is 33.0 Å². The average molecular weight is 424 g/mol. The third kappa shape index (κ3) is 3.80. The lowest BCUT2D eigenvalue weighted by molar-refractivity contribution is -0.120. The number of benzene rings is 2. The normalized spacial score (nSPS) is 16.6. The first-order valence-electron chi connectivity index (χ1n) is 8.92. The summed E-state index contributed by atoms with van der Waals surface area (Å²) in [7, 11) is -3.82. The van der Waals surface area contributed by atoms with Crippen LogP contribution in [0.1, 0.15) is 16.7 Å². The van der Waals surface area contributed by atoms with E-state index in [-0.39, 0.29) is 17.2 Å². The quantitative estimate of drug-likeness (QED) is 0.697. The summed E-state index contributed by atoms with van der Waals surface area (Å²) in [6.45, 7) is 0.132. The number of nitrogens with one attached hydrogen (secondary N) is 1. The van der Waals surface area contributed by atoms with Crippen LogP contribution < -0.4 is 5.32 Å². The fraction of sp³-hybridized carbons (Fsp3) is 0.143. The van der Waals surface area contributed by atoms with Gasteiger partial charge in [0.2, 0.25) is 5.91 Å². The molecule has 0 fully saturated rings. The zero-order chi connectivity index (χ0) is 20.4. The maximum Gasteiger partial charge on any atom is 0.253 e. The molecule has 4 rings (SSSR count). The molecule has 1 aliphatic rings. The summed E-state index contributed by atoms with van der Waals surface area (Å²) in [6, 6.07) is 18.5. The Morgan fingerprint density at radius 1 is 1.10 bits per heavy atom. The van der Waals surface area contributed by atoms with E-state index in [0.29, 0.717) is 11.3 Å². The number of hydrogen-bond donors (Lipinski definition) is 1. The van der Waals surface area contributed by atoms with Gasteiger partial charge in [-0.2, -0.15) is 9.57 Å². The van der Waals surface area contributed by atoms with E-state index in [1.54, 1.807) is 41.8 Å². The molecule has 6 nitrogen and oxygen atoms in total. The molecular formula is C21H17N3O3S2. The minimum Gasteiger partial charge on any atom is -0.325 e. The van der Waals surface area contributed by atoms with Gasteiger partial charge in [0, 0.05) is 12.2 Å². The highest BCUT2D eigenvalue weighted by Gasteiger charge is 2.40. The fourth-order valence-electron chi connectivity index (χ4n) is 3.39. The first-order chi connectivity index (χ1) is 14.0. The molecule has 146 valence electrons. The summed E-state index contributed by atoms with van der Waals surface area (Å²) < 4.78 is 28.0. The Hall–Kier alpha value is -2.99. The maximum absolute atomic E-state index is 13.2. The second kappa shape index (κ2) is 7.79. The van der Waals surface area contributed by atoms with Crippen LogP contribution in [-0.4, -0.2) is 24.7 Å². The largest absolute Gasteiger partial charge is 0.325 e. The molecule has 2 heterocycles. The van der Waals surface area contributed by atoms with Crippen LogP contribution in [0.2, 0.25) is 0 Å². The van der Waals surface area contributed by atoms with Crippen molar-refractivity contribution in [1.29, 1.82) is 5.26 Å². The third-order valence-corrected chi connectivity index (χ3v) is 8.05. The summed E-state index contributed by atoms with van der Waals surface area (Å²) in [5.74, 6) is -0.422. The summed E-state index contributed by atoms with van der Waals surface area (Å²) in [6.07, 6.45) is 0.282. The number of sulfonamides is 1. The standard InChI is InChI=1S/C21H17N3O3S2/c22-13-15-5-3-8-18(11-15)23-21(25)19-12-16-6-1-2-7-17(16)14-24(19)29(26,27)20-9-4-10-28-20/h1-11,19H,12,14H2,(H,23,25). The monoisotopic (exact) mass is 423 g/mol. The Bertz CT molecular complexity index is 1200. The number of carbonyl (C=O) groups excluding carboxylic acids is 1. The van der Waals surface area contributed by atoms with Crippen LogP contribution in [-0.2, 0) is 27.8 Å². The number of amides is 1. The lowest BCUT2D eigenvalue weighted by Crippen LogP contribution is -2.50. The van der Waals surface area contributed by atoms with Crippen LogP contribution in [0.4, 0.5) is 5.69 Å². The fourth-order valence-corrected chi connectivity index (χ4v) is 6.08. The molecule has 0 saturated heterocycles. The van der Waals surface area contributed by atoms with Crippen LogP contribution in [0.25, 0.3) is 0 Å². The molecule has 1 N–H and O–H groups in total. The minimum atomic E-state index is -3.82. The van der Waals surface area contributed by atoms with E-state index in [2.05, 4.69) is 5.32 Å². The van der Waals surface area contributed by atoms with Crippen molar-refractivity contribution in [3.63, 3.8) is 0 Å². The van der Waals surface area contributed by atoms with Gasteiger partial charge in [-0.15, -0.1) is 11.3 Å². The second-order valence-electron chi connectivity index (χ2n) is 6.65. The van der Waals surface area contributed by atoms with Crippen molar-refractivity contribution in [2.45, 2.75) is 23.2 Å². The number of nitriles is 1. The van der Waals surface area contributed by atoms with Crippen molar-refractivity contribution in [2.24, 2.45) is 0 Å². The van der Waals surface area contributed by atoms with E-state index in [1.807, 2.05) is 30.3 Å². The highest BCUT2D eigenvalue weighted by molar-refractivity contribution is 7.91. The Morgan fingerprint density at radius 2 is 1.90 bits per heavy atom. The summed E-state index contributed by atoms with van der Waals surface area (Å²) in [5.41, 5.74) is 2.72. The smallest absolute Gasteiger partial charge is 0.253 e. The number of fused-ring (bicyclic) bond motifs is 1. The van der Waals surface area contributed by atoms with E-state index in [1.165, 1.54) is 4.31 Å². The van der Waals surface area contributed by atoms with Crippen LogP contribution in [0.5, 0.6) is 0 Å².